The van der Waals surface area contributed by atoms with Gasteiger partial charge in [0.15, 0.2) is 5.78 Å². The fourth-order valence-electron chi connectivity index (χ4n) is 1.50. The van der Waals surface area contributed by atoms with E-state index >= 15 is 0 Å². The zero-order valence-corrected chi connectivity index (χ0v) is 10.2. The third kappa shape index (κ3) is 2.65. The number of hydrogen-bond donors (Lipinski definition) is 0. The quantitative estimate of drug-likeness (QED) is 0.709. The fourth-order valence-corrected chi connectivity index (χ4v) is 1.50. The topological polar surface area (TPSA) is 30.0 Å². The molecule has 1 unspecified atom stereocenters. The van der Waals surface area contributed by atoms with Gasteiger partial charge in [0.2, 0.25) is 0 Å². The Hall–Kier alpha value is -1.18. The highest BCUT2D eigenvalue weighted by Crippen LogP contribution is 2.18. The van der Waals surface area contributed by atoms with E-state index in [1.165, 1.54) is 0 Å². The van der Waals surface area contributed by atoms with Crippen molar-refractivity contribution in [2.45, 2.75) is 34.6 Å². The van der Waals surface area contributed by atoms with E-state index in [4.69, 9.17) is 0 Å². The maximum Gasteiger partial charge on any atom is 0.167 e. The van der Waals surface area contributed by atoms with E-state index in [1.54, 1.807) is 6.20 Å². The van der Waals surface area contributed by atoms with Gasteiger partial charge in [0, 0.05) is 23.4 Å². The van der Waals surface area contributed by atoms with Crippen molar-refractivity contribution in [2.24, 2.45) is 11.8 Å². The number of Topliss-reactive ketones (excluding diaryl/α,β-unsaturated/α-hetero) is 1. The highest BCUT2D eigenvalue weighted by atomic mass is 16.1. The van der Waals surface area contributed by atoms with Crippen LogP contribution < -0.4 is 0 Å². The Balaban J connectivity index is 3.01. The van der Waals surface area contributed by atoms with Crippen molar-refractivity contribution in [3.8, 4) is 0 Å². The van der Waals surface area contributed by atoms with Crippen molar-refractivity contribution in [3.63, 3.8) is 0 Å². The first kappa shape index (κ1) is 11.9. The molecule has 0 aromatic carbocycles. The predicted molar refractivity (Wildman–Crippen MR) is 62.0 cm³/mol. The molecule has 1 aromatic rings. The number of ketones is 1. The SMILES string of the molecule is Cc1cc(C)c(C(=O)C(C)C(C)C)cn1. The molecule has 0 spiro atoms. The van der Waals surface area contributed by atoms with Gasteiger partial charge in [-0.1, -0.05) is 20.8 Å². The van der Waals surface area contributed by atoms with Crippen LogP contribution >= 0.6 is 0 Å². The molecule has 0 aliphatic rings. The summed E-state index contributed by atoms with van der Waals surface area (Å²) < 4.78 is 0. The fraction of sp³-hybridized carbons (Fsp3) is 0.538. The van der Waals surface area contributed by atoms with E-state index in [9.17, 15) is 4.79 Å². The lowest BCUT2D eigenvalue weighted by Crippen LogP contribution is -2.18. The van der Waals surface area contributed by atoms with Crippen LogP contribution in [-0.4, -0.2) is 10.8 Å². The van der Waals surface area contributed by atoms with E-state index in [1.807, 2.05) is 26.8 Å². The van der Waals surface area contributed by atoms with Gasteiger partial charge in [-0.2, -0.15) is 0 Å². The molecule has 1 heterocycles. The van der Waals surface area contributed by atoms with E-state index in [2.05, 4.69) is 18.8 Å². The molecule has 0 radical (unpaired) electrons. The van der Waals surface area contributed by atoms with Crippen LogP contribution in [0.2, 0.25) is 0 Å². The van der Waals surface area contributed by atoms with Crippen LogP contribution in [0.1, 0.15) is 42.4 Å². The van der Waals surface area contributed by atoms with Gasteiger partial charge in [-0.25, -0.2) is 0 Å². The summed E-state index contributed by atoms with van der Waals surface area (Å²) in [6.07, 6.45) is 1.70. The van der Waals surface area contributed by atoms with Crippen molar-refractivity contribution in [1.29, 1.82) is 0 Å². The van der Waals surface area contributed by atoms with Crippen LogP contribution in [0.4, 0.5) is 0 Å². The number of carbonyl (C=O) groups is 1. The van der Waals surface area contributed by atoms with Crippen molar-refractivity contribution in [1.82, 2.24) is 4.98 Å². The zero-order chi connectivity index (χ0) is 11.6. The van der Waals surface area contributed by atoms with Gasteiger partial charge in [0.25, 0.3) is 0 Å². The molecule has 1 aromatic heterocycles. The van der Waals surface area contributed by atoms with E-state index in [0.29, 0.717) is 5.92 Å². The van der Waals surface area contributed by atoms with Gasteiger partial charge in [0.05, 0.1) is 0 Å². The summed E-state index contributed by atoms with van der Waals surface area (Å²) in [6.45, 7) is 10.0. The second-order valence-corrected chi connectivity index (χ2v) is 4.54. The predicted octanol–water partition coefficient (Wildman–Crippen LogP) is 3.17. The molecule has 0 aliphatic carbocycles. The van der Waals surface area contributed by atoms with Crippen LogP contribution in [-0.2, 0) is 0 Å². The molecule has 2 nitrogen and oxygen atoms in total. The second-order valence-electron chi connectivity index (χ2n) is 4.54. The maximum absolute atomic E-state index is 12.1. The molecule has 15 heavy (non-hydrogen) atoms. The minimum absolute atomic E-state index is 0.0632. The van der Waals surface area contributed by atoms with Crippen molar-refractivity contribution < 1.29 is 4.79 Å². The number of nitrogens with zero attached hydrogens (tertiary/aromatic N) is 1. The van der Waals surface area contributed by atoms with Crippen LogP contribution in [0.25, 0.3) is 0 Å². The van der Waals surface area contributed by atoms with E-state index < -0.39 is 0 Å². The summed E-state index contributed by atoms with van der Waals surface area (Å²) in [7, 11) is 0. The first-order valence-corrected chi connectivity index (χ1v) is 5.41. The van der Waals surface area contributed by atoms with Gasteiger partial charge in [-0.3, -0.25) is 9.78 Å². The summed E-state index contributed by atoms with van der Waals surface area (Å²) in [5.41, 5.74) is 2.75. The van der Waals surface area contributed by atoms with Crippen LogP contribution in [0, 0.1) is 25.7 Å². The molecule has 0 N–H and O–H groups in total. The molecule has 1 rings (SSSR count). The Morgan fingerprint density at radius 1 is 1.27 bits per heavy atom. The monoisotopic (exact) mass is 205 g/mol. The molecule has 0 fully saturated rings. The van der Waals surface area contributed by atoms with Crippen molar-refractivity contribution >= 4 is 5.78 Å². The first-order valence-electron chi connectivity index (χ1n) is 5.41. The van der Waals surface area contributed by atoms with E-state index in [-0.39, 0.29) is 11.7 Å². The average molecular weight is 205 g/mol. The third-order valence-electron chi connectivity index (χ3n) is 2.93. The number of carbonyl (C=O) groups excluding carboxylic acids is 1. The number of aromatic nitrogens is 1. The molecule has 0 bridgehead atoms. The van der Waals surface area contributed by atoms with Crippen molar-refractivity contribution in [3.05, 3.63) is 29.1 Å². The molecule has 0 aliphatic heterocycles. The smallest absolute Gasteiger partial charge is 0.167 e. The summed E-state index contributed by atoms with van der Waals surface area (Å²) in [5, 5.41) is 0. The Morgan fingerprint density at radius 2 is 1.87 bits per heavy atom. The average Bonchev–Trinajstić information content (AvgIpc) is 2.15. The van der Waals surface area contributed by atoms with Crippen LogP contribution in [0.15, 0.2) is 12.3 Å². The largest absolute Gasteiger partial charge is 0.294 e. The molecule has 1 atom stereocenters. The highest BCUT2D eigenvalue weighted by Gasteiger charge is 2.20. The second kappa shape index (κ2) is 4.56. The van der Waals surface area contributed by atoms with Gasteiger partial charge >= 0.3 is 0 Å². The van der Waals surface area contributed by atoms with Gasteiger partial charge in [-0.15, -0.1) is 0 Å². The molecule has 0 saturated heterocycles. The van der Waals surface area contributed by atoms with Gasteiger partial charge < -0.3 is 0 Å². The Labute approximate surface area is 91.7 Å². The lowest BCUT2D eigenvalue weighted by Gasteiger charge is -2.15. The third-order valence-corrected chi connectivity index (χ3v) is 2.93. The summed E-state index contributed by atoms with van der Waals surface area (Å²) in [5.74, 6) is 0.640. The van der Waals surface area contributed by atoms with E-state index in [0.717, 1.165) is 16.8 Å². The van der Waals surface area contributed by atoms with Crippen LogP contribution in [0.5, 0.6) is 0 Å². The molecular weight excluding hydrogens is 186 g/mol. The molecule has 82 valence electrons. The van der Waals surface area contributed by atoms with Gasteiger partial charge in [0.1, 0.15) is 0 Å². The number of aryl methyl sites for hydroxylation is 2. The summed E-state index contributed by atoms with van der Waals surface area (Å²) in [4.78, 5) is 16.3. The Kier molecular flexibility index (Phi) is 3.61. The first-order chi connectivity index (χ1) is 6.93. The number of rotatable bonds is 3. The molecule has 2 heteroatoms. The molecule has 0 amide bonds. The Morgan fingerprint density at radius 3 is 2.33 bits per heavy atom. The Bertz CT molecular complexity index is 369. The molecular formula is C13H19NO. The minimum Gasteiger partial charge on any atom is -0.294 e. The lowest BCUT2D eigenvalue weighted by atomic mass is 9.89. The van der Waals surface area contributed by atoms with Crippen LogP contribution in [0.3, 0.4) is 0 Å². The number of hydrogen-bond acceptors (Lipinski definition) is 2. The normalized spacial score (nSPS) is 12.9. The number of pyridine rings is 1. The lowest BCUT2D eigenvalue weighted by molar-refractivity contribution is 0.0898. The molecule has 0 saturated carbocycles. The van der Waals surface area contributed by atoms with Crippen molar-refractivity contribution in [2.75, 3.05) is 0 Å². The minimum atomic E-state index is 0.0632. The standard InChI is InChI=1S/C13H19NO/c1-8(2)11(5)13(15)12-7-14-10(4)6-9(12)3/h6-8,11H,1-5H3. The maximum atomic E-state index is 12.1. The summed E-state index contributed by atoms with van der Waals surface area (Å²) >= 11 is 0. The highest BCUT2D eigenvalue weighted by molar-refractivity contribution is 5.98. The summed E-state index contributed by atoms with van der Waals surface area (Å²) in [6, 6.07) is 1.96. The zero-order valence-electron chi connectivity index (χ0n) is 10.2. The van der Waals surface area contributed by atoms with Gasteiger partial charge in [-0.05, 0) is 31.4 Å².